The third-order valence-electron chi connectivity index (χ3n) is 2.98. The first-order chi connectivity index (χ1) is 10.5. The minimum Gasteiger partial charge on any atom is -0.482 e. The molecule has 0 aliphatic rings. The highest BCUT2D eigenvalue weighted by molar-refractivity contribution is 7.11. The van der Waals surface area contributed by atoms with E-state index in [4.69, 9.17) is 9.84 Å². The monoisotopic (exact) mass is 319 g/mol. The molecule has 0 aliphatic heterocycles. The summed E-state index contributed by atoms with van der Waals surface area (Å²) in [6.45, 7) is 2.14. The molecule has 0 radical (unpaired) electrons. The molecule has 2 rings (SSSR count). The summed E-state index contributed by atoms with van der Waals surface area (Å²) in [5.41, 5.74) is 0.471. The zero-order valence-electron chi connectivity index (χ0n) is 12.4. The van der Waals surface area contributed by atoms with E-state index < -0.39 is 12.6 Å². The third-order valence-corrected chi connectivity index (χ3v) is 3.96. The second kappa shape index (κ2) is 7.09. The van der Waals surface area contributed by atoms with Gasteiger partial charge >= 0.3 is 5.97 Å². The average Bonchev–Trinajstić information content (AvgIpc) is 2.89. The summed E-state index contributed by atoms with van der Waals surface area (Å²) in [4.78, 5) is 26.9. The molecule has 0 aliphatic carbocycles. The van der Waals surface area contributed by atoms with Gasteiger partial charge in [-0.15, -0.1) is 11.3 Å². The van der Waals surface area contributed by atoms with E-state index in [1.54, 1.807) is 47.5 Å². The number of carbonyl (C=O) groups is 2. The summed E-state index contributed by atoms with van der Waals surface area (Å²) in [7, 11) is 1.74. The highest BCUT2D eigenvalue weighted by atomic mass is 32.1. The van der Waals surface area contributed by atoms with Gasteiger partial charge in [-0.3, -0.25) is 4.79 Å². The van der Waals surface area contributed by atoms with Gasteiger partial charge in [-0.2, -0.15) is 0 Å². The van der Waals surface area contributed by atoms with E-state index in [1.165, 1.54) is 4.88 Å². The first-order valence-corrected chi connectivity index (χ1v) is 7.53. The number of thiophene rings is 1. The summed E-state index contributed by atoms with van der Waals surface area (Å²) < 4.78 is 5.09. The van der Waals surface area contributed by atoms with Crippen LogP contribution in [0.15, 0.2) is 36.4 Å². The lowest BCUT2D eigenvalue weighted by atomic mass is 10.2. The Labute approximate surface area is 132 Å². The van der Waals surface area contributed by atoms with Crippen molar-refractivity contribution in [3.05, 3.63) is 51.7 Å². The number of hydrogen-bond acceptors (Lipinski definition) is 4. The van der Waals surface area contributed by atoms with Crippen LogP contribution in [0, 0.1) is 6.92 Å². The first kappa shape index (κ1) is 16.0. The second-order valence-corrected chi connectivity index (χ2v) is 6.26. The van der Waals surface area contributed by atoms with Gasteiger partial charge in [0.1, 0.15) is 5.75 Å². The summed E-state index contributed by atoms with van der Waals surface area (Å²) in [6.07, 6.45) is 0. The molecule has 0 fully saturated rings. The van der Waals surface area contributed by atoms with Crippen molar-refractivity contribution in [3.63, 3.8) is 0 Å². The highest BCUT2D eigenvalue weighted by Gasteiger charge is 2.13. The van der Waals surface area contributed by atoms with E-state index in [2.05, 4.69) is 0 Å². The van der Waals surface area contributed by atoms with Crippen LogP contribution >= 0.6 is 11.3 Å². The maximum Gasteiger partial charge on any atom is 0.341 e. The summed E-state index contributed by atoms with van der Waals surface area (Å²) in [5.74, 6) is -0.817. The molecule has 0 saturated heterocycles. The Balaban J connectivity index is 2.04. The molecule has 0 atom stereocenters. The van der Waals surface area contributed by atoms with Crippen molar-refractivity contribution in [2.24, 2.45) is 0 Å². The number of aryl methyl sites for hydroxylation is 1. The van der Waals surface area contributed by atoms with Gasteiger partial charge in [-0.25, -0.2) is 4.79 Å². The maximum absolute atomic E-state index is 12.4. The zero-order chi connectivity index (χ0) is 16.1. The predicted octanol–water partition coefficient (Wildman–Crippen LogP) is 2.79. The standard InChI is InChI=1S/C16H17NO4S/c1-11-6-7-14(22-11)9-17(2)16(20)12-4-3-5-13(8-12)21-10-15(18)19/h3-8H,9-10H2,1-2H3,(H,18,19). The fourth-order valence-corrected chi connectivity index (χ4v) is 2.90. The van der Waals surface area contributed by atoms with E-state index in [9.17, 15) is 9.59 Å². The second-order valence-electron chi connectivity index (χ2n) is 4.88. The minimum atomic E-state index is -1.05. The molecule has 2 aromatic rings. The fourth-order valence-electron chi connectivity index (χ4n) is 1.96. The molecule has 6 heteroatoms. The van der Waals surface area contributed by atoms with E-state index in [-0.39, 0.29) is 5.91 Å². The summed E-state index contributed by atoms with van der Waals surface area (Å²) >= 11 is 1.66. The van der Waals surface area contributed by atoms with Crippen LogP contribution in [0.1, 0.15) is 20.1 Å². The Morgan fingerprint density at radius 3 is 2.68 bits per heavy atom. The van der Waals surface area contributed by atoms with Gasteiger partial charge in [0, 0.05) is 22.4 Å². The Bertz CT molecular complexity index is 680. The van der Waals surface area contributed by atoms with Crippen LogP contribution in [0.25, 0.3) is 0 Å². The normalized spacial score (nSPS) is 10.3. The van der Waals surface area contributed by atoms with Crippen LogP contribution in [0.5, 0.6) is 5.75 Å². The lowest BCUT2D eigenvalue weighted by molar-refractivity contribution is -0.139. The largest absolute Gasteiger partial charge is 0.482 e. The molecule has 0 spiro atoms. The van der Waals surface area contributed by atoms with E-state index in [0.717, 1.165) is 4.88 Å². The molecule has 116 valence electrons. The molecular weight excluding hydrogens is 302 g/mol. The number of nitrogens with zero attached hydrogens (tertiary/aromatic N) is 1. The molecule has 1 heterocycles. The average molecular weight is 319 g/mol. The van der Waals surface area contributed by atoms with Crippen molar-refractivity contribution in [2.75, 3.05) is 13.7 Å². The maximum atomic E-state index is 12.4. The summed E-state index contributed by atoms with van der Waals surface area (Å²) in [5, 5.41) is 8.61. The van der Waals surface area contributed by atoms with Crippen molar-refractivity contribution in [1.82, 2.24) is 4.90 Å². The van der Waals surface area contributed by atoms with Gasteiger partial charge in [0.05, 0.1) is 6.54 Å². The number of rotatable bonds is 6. The Morgan fingerprint density at radius 2 is 2.05 bits per heavy atom. The van der Waals surface area contributed by atoms with Gasteiger partial charge < -0.3 is 14.7 Å². The molecule has 1 aromatic carbocycles. The Morgan fingerprint density at radius 1 is 1.27 bits per heavy atom. The first-order valence-electron chi connectivity index (χ1n) is 6.71. The molecule has 22 heavy (non-hydrogen) atoms. The molecule has 1 amide bonds. The molecule has 1 aromatic heterocycles. The Kier molecular flexibility index (Phi) is 5.16. The van der Waals surface area contributed by atoms with E-state index in [1.807, 2.05) is 19.1 Å². The van der Waals surface area contributed by atoms with Crippen LogP contribution in [0.2, 0.25) is 0 Å². The van der Waals surface area contributed by atoms with Crippen LogP contribution < -0.4 is 4.74 Å². The molecule has 0 unspecified atom stereocenters. The van der Waals surface area contributed by atoms with Crippen LogP contribution in [-0.2, 0) is 11.3 Å². The van der Waals surface area contributed by atoms with Crippen molar-refractivity contribution in [3.8, 4) is 5.75 Å². The van der Waals surface area contributed by atoms with Crippen LogP contribution in [0.4, 0.5) is 0 Å². The number of amides is 1. The lowest BCUT2D eigenvalue weighted by Gasteiger charge is -2.16. The molecule has 1 N–H and O–H groups in total. The van der Waals surface area contributed by atoms with Crippen molar-refractivity contribution >= 4 is 23.2 Å². The number of carbonyl (C=O) groups excluding carboxylic acids is 1. The lowest BCUT2D eigenvalue weighted by Crippen LogP contribution is -2.25. The minimum absolute atomic E-state index is 0.133. The molecular formula is C16H17NO4S. The predicted molar refractivity (Wildman–Crippen MR) is 84.4 cm³/mol. The SMILES string of the molecule is Cc1ccc(CN(C)C(=O)c2cccc(OCC(=O)O)c2)s1. The number of aliphatic carboxylic acids is 1. The van der Waals surface area contributed by atoms with E-state index >= 15 is 0 Å². The highest BCUT2D eigenvalue weighted by Crippen LogP contribution is 2.19. The zero-order valence-corrected chi connectivity index (χ0v) is 13.2. The van der Waals surface area contributed by atoms with Crippen LogP contribution in [0.3, 0.4) is 0 Å². The fraction of sp³-hybridized carbons (Fsp3) is 0.250. The molecule has 0 saturated carbocycles. The molecule has 0 bridgehead atoms. The van der Waals surface area contributed by atoms with Gasteiger partial charge in [0.15, 0.2) is 6.61 Å². The van der Waals surface area contributed by atoms with E-state index in [0.29, 0.717) is 17.9 Å². The van der Waals surface area contributed by atoms with Gasteiger partial charge in [-0.05, 0) is 37.3 Å². The number of ether oxygens (including phenoxy) is 1. The molecule has 5 nitrogen and oxygen atoms in total. The van der Waals surface area contributed by atoms with Gasteiger partial charge in [0.2, 0.25) is 0 Å². The van der Waals surface area contributed by atoms with Gasteiger partial charge in [-0.1, -0.05) is 6.07 Å². The topological polar surface area (TPSA) is 66.8 Å². The van der Waals surface area contributed by atoms with Crippen LogP contribution in [-0.4, -0.2) is 35.5 Å². The Hall–Kier alpha value is -2.34. The third kappa shape index (κ3) is 4.33. The number of carboxylic acids is 1. The van der Waals surface area contributed by atoms with Crippen molar-refractivity contribution in [1.29, 1.82) is 0 Å². The number of carboxylic acid groups (broad SMARTS) is 1. The number of hydrogen-bond donors (Lipinski definition) is 1. The van der Waals surface area contributed by atoms with Gasteiger partial charge in [0.25, 0.3) is 5.91 Å². The summed E-state index contributed by atoms with van der Waals surface area (Å²) in [6, 6.07) is 10.6. The smallest absolute Gasteiger partial charge is 0.341 e. The quantitative estimate of drug-likeness (QED) is 0.889. The van der Waals surface area contributed by atoms with Crippen molar-refractivity contribution in [2.45, 2.75) is 13.5 Å². The number of benzene rings is 1. The van der Waals surface area contributed by atoms with Crippen molar-refractivity contribution < 1.29 is 19.4 Å².